The number of hydrogen-bond donors (Lipinski definition) is 1. The minimum absolute atomic E-state index is 0.0350. The van der Waals surface area contributed by atoms with Gasteiger partial charge in [-0.05, 0) is 46.1 Å². The van der Waals surface area contributed by atoms with E-state index in [-0.39, 0.29) is 17.9 Å². The molecule has 154 valence electrons. The number of carbonyl (C=O) groups is 1. The molecule has 8 heteroatoms. The van der Waals surface area contributed by atoms with Crippen LogP contribution in [0.2, 0.25) is 0 Å². The molecule has 0 aromatic carbocycles. The molecule has 0 aliphatic carbocycles. The maximum Gasteiger partial charge on any atom is 0.223 e. The molecular weight excluding hydrogens is 384 g/mol. The van der Waals surface area contributed by atoms with Crippen molar-refractivity contribution in [2.45, 2.75) is 46.6 Å². The molecule has 1 amide bonds. The highest BCUT2D eigenvalue weighted by Crippen LogP contribution is 2.35. The lowest BCUT2D eigenvalue weighted by Crippen LogP contribution is -2.41. The molecule has 0 spiro atoms. The largest absolute Gasteiger partial charge is 0.356 e. The first-order chi connectivity index (χ1) is 13.9. The third-order valence-corrected chi connectivity index (χ3v) is 7.32. The van der Waals surface area contributed by atoms with Gasteiger partial charge < -0.3 is 10.2 Å². The van der Waals surface area contributed by atoms with Crippen molar-refractivity contribution < 1.29 is 4.79 Å². The number of rotatable bonds is 4. The molecule has 4 rings (SSSR count). The number of anilines is 1. The molecule has 4 heterocycles. The number of nitrogens with zero attached hydrogens (tertiary/aromatic N) is 5. The van der Waals surface area contributed by atoms with E-state index in [1.807, 2.05) is 31.8 Å². The van der Waals surface area contributed by atoms with Gasteiger partial charge in [-0.15, -0.1) is 11.3 Å². The smallest absolute Gasteiger partial charge is 0.223 e. The Hall–Kier alpha value is -2.48. The number of aryl methyl sites for hydroxylation is 3. The zero-order chi connectivity index (χ0) is 20.7. The van der Waals surface area contributed by atoms with Crippen LogP contribution in [0.25, 0.3) is 10.2 Å². The predicted molar refractivity (Wildman–Crippen MR) is 116 cm³/mol. The van der Waals surface area contributed by atoms with E-state index >= 15 is 0 Å². The first-order valence-electron chi connectivity index (χ1n) is 10.1. The SMILES string of the molecule is Cc1sc2ncnc(N3CCC(C(=O)N[C@H](C)c4cnn(C)c4C)CC3)c2c1C. The van der Waals surface area contributed by atoms with Crippen molar-refractivity contribution in [2.24, 2.45) is 13.0 Å². The van der Waals surface area contributed by atoms with Crippen molar-refractivity contribution in [1.29, 1.82) is 0 Å². The van der Waals surface area contributed by atoms with E-state index in [4.69, 9.17) is 0 Å². The molecule has 1 N–H and O–H groups in total. The van der Waals surface area contributed by atoms with Gasteiger partial charge in [0.2, 0.25) is 5.91 Å². The Labute approximate surface area is 175 Å². The van der Waals surface area contributed by atoms with Crippen LogP contribution < -0.4 is 10.2 Å². The van der Waals surface area contributed by atoms with Crippen LogP contribution in [-0.4, -0.2) is 38.7 Å². The number of nitrogens with one attached hydrogen (secondary N) is 1. The van der Waals surface area contributed by atoms with Crippen molar-refractivity contribution in [3.63, 3.8) is 0 Å². The molecule has 1 aliphatic heterocycles. The maximum atomic E-state index is 12.8. The van der Waals surface area contributed by atoms with Crippen LogP contribution in [0, 0.1) is 26.7 Å². The Morgan fingerprint density at radius 2 is 1.97 bits per heavy atom. The highest BCUT2D eigenvalue weighted by atomic mass is 32.1. The van der Waals surface area contributed by atoms with Crippen LogP contribution in [0.15, 0.2) is 12.5 Å². The summed E-state index contributed by atoms with van der Waals surface area (Å²) in [6.45, 7) is 9.99. The van der Waals surface area contributed by atoms with E-state index in [0.717, 1.165) is 47.8 Å². The number of hydrogen-bond acceptors (Lipinski definition) is 6. The van der Waals surface area contributed by atoms with Gasteiger partial charge >= 0.3 is 0 Å². The van der Waals surface area contributed by atoms with Gasteiger partial charge in [0.15, 0.2) is 0 Å². The maximum absolute atomic E-state index is 12.8. The lowest BCUT2D eigenvalue weighted by Gasteiger charge is -2.33. The van der Waals surface area contributed by atoms with Crippen LogP contribution in [0.3, 0.4) is 0 Å². The summed E-state index contributed by atoms with van der Waals surface area (Å²) in [7, 11) is 1.92. The number of amides is 1. The zero-order valence-electron chi connectivity index (χ0n) is 17.7. The Morgan fingerprint density at radius 1 is 1.24 bits per heavy atom. The number of carbonyl (C=O) groups excluding carboxylic acids is 1. The van der Waals surface area contributed by atoms with Crippen molar-refractivity contribution in [2.75, 3.05) is 18.0 Å². The summed E-state index contributed by atoms with van der Waals surface area (Å²) in [6, 6.07) is -0.0350. The Kier molecular flexibility index (Phi) is 5.29. The quantitative estimate of drug-likeness (QED) is 0.710. The molecular formula is C21H28N6OS. The van der Waals surface area contributed by atoms with Crippen LogP contribution in [0.5, 0.6) is 0 Å². The lowest BCUT2D eigenvalue weighted by molar-refractivity contribution is -0.126. The van der Waals surface area contributed by atoms with E-state index in [2.05, 4.69) is 39.1 Å². The van der Waals surface area contributed by atoms with E-state index in [0.29, 0.717) is 0 Å². The minimum atomic E-state index is -0.0350. The van der Waals surface area contributed by atoms with Gasteiger partial charge in [-0.25, -0.2) is 9.97 Å². The number of piperidine rings is 1. The molecule has 3 aromatic heterocycles. The molecule has 0 bridgehead atoms. The molecule has 0 unspecified atom stereocenters. The van der Waals surface area contributed by atoms with Gasteiger partial charge in [0.25, 0.3) is 0 Å². The Balaban J connectivity index is 1.42. The third-order valence-electron chi connectivity index (χ3n) is 6.21. The zero-order valence-corrected chi connectivity index (χ0v) is 18.5. The lowest BCUT2D eigenvalue weighted by atomic mass is 9.95. The van der Waals surface area contributed by atoms with Crippen molar-refractivity contribution >= 4 is 33.3 Å². The summed E-state index contributed by atoms with van der Waals surface area (Å²) in [5, 5.41) is 8.63. The molecule has 0 saturated carbocycles. The molecule has 29 heavy (non-hydrogen) atoms. The van der Waals surface area contributed by atoms with E-state index in [1.165, 1.54) is 15.8 Å². The van der Waals surface area contributed by atoms with Crippen molar-refractivity contribution in [1.82, 2.24) is 25.1 Å². The Bertz CT molecular complexity index is 1050. The summed E-state index contributed by atoms with van der Waals surface area (Å²) in [6.07, 6.45) is 5.16. The predicted octanol–water partition coefficient (Wildman–Crippen LogP) is 3.44. The fourth-order valence-corrected chi connectivity index (χ4v) is 5.10. The number of thiophene rings is 1. The molecule has 1 atom stereocenters. The molecule has 0 radical (unpaired) electrons. The van der Waals surface area contributed by atoms with Gasteiger partial charge in [0.05, 0.1) is 17.6 Å². The second kappa shape index (κ2) is 7.74. The average Bonchev–Trinajstić information content (AvgIpc) is 3.20. The number of aromatic nitrogens is 4. The second-order valence-electron chi connectivity index (χ2n) is 7.96. The average molecular weight is 413 g/mol. The highest BCUT2D eigenvalue weighted by Gasteiger charge is 2.28. The summed E-state index contributed by atoms with van der Waals surface area (Å²) < 4.78 is 1.84. The summed E-state index contributed by atoms with van der Waals surface area (Å²) >= 11 is 1.72. The molecule has 1 aliphatic rings. The van der Waals surface area contributed by atoms with Crippen LogP contribution >= 0.6 is 11.3 Å². The standard InChI is InChI=1S/C21H28N6OS/c1-12-15(4)29-21-18(12)19(22-11-23-21)27-8-6-16(7-9-27)20(28)25-13(2)17-10-24-26(5)14(17)3/h10-11,13,16H,6-9H2,1-5H3,(H,25,28)/t13-/m1/s1. The van der Waals surface area contributed by atoms with Crippen molar-refractivity contribution in [3.8, 4) is 0 Å². The first-order valence-corrected chi connectivity index (χ1v) is 10.9. The number of fused-ring (bicyclic) bond motifs is 1. The summed E-state index contributed by atoms with van der Waals surface area (Å²) in [5.41, 5.74) is 3.42. The fraction of sp³-hybridized carbons (Fsp3) is 0.524. The molecule has 3 aromatic rings. The van der Waals surface area contributed by atoms with E-state index < -0.39 is 0 Å². The third kappa shape index (κ3) is 3.61. The van der Waals surface area contributed by atoms with Gasteiger partial charge in [0, 0.05) is 42.2 Å². The van der Waals surface area contributed by atoms with Gasteiger partial charge in [0.1, 0.15) is 17.0 Å². The first kappa shape index (κ1) is 19.8. The van der Waals surface area contributed by atoms with Crippen LogP contribution in [0.1, 0.15) is 47.5 Å². The van der Waals surface area contributed by atoms with Gasteiger partial charge in [-0.1, -0.05) is 0 Å². The minimum Gasteiger partial charge on any atom is -0.356 e. The molecule has 1 fully saturated rings. The monoisotopic (exact) mass is 412 g/mol. The Morgan fingerprint density at radius 3 is 2.62 bits per heavy atom. The highest BCUT2D eigenvalue weighted by molar-refractivity contribution is 7.18. The fourth-order valence-electron chi connectivity index (χ4n) is 4.11. The van der Waals surface area contributed by atoms with Gasteiger partial charge in [-0.3, -0.25) is 9.48 Å². The van der Waals surface area contributed by atoms with E-state index in [1.54, 1.807) is 17.7 Å². The van der Waals surface area contributed by atoms with Crippen molar-refractivity contribution in [3.05, 3.63) is 34.2 Å². The van der Waals surface area contributed by atoms with Crippen LogP contribution in [0.4, 0.5) is 5.82 Å². The summed E-state index contributed by atoms with van der Waals surface area (Å²) in [5.74, 6) is 1.18. The van der Waals surface area contributed by atoms with Crippen LogP contribution in [-0.2, 0) is 11.8 Å². The van der Waals surface area contributed by atoms with E-state index in [9.17, 15) is 4.79 Å². The molecule has 7 nitrogen and oxygen atoms in total. The van der Waals surface area contributed by atoms with Gasteiger partial charge in [-0.2, -0.15) is 5.10 Å². The topological polar surface area (TPSA) is 75.9 Å². The summed E-state index contributed by atoms with van der Waals surface area (Å²) in [4.78, 5) is 26.5. The normalized spacial score (nSPS) is 16.4. The molecule has 1 saturated heterocycles. The second-order valence-corrected chi connectivity index (χ2v) is 9.16.